The van der Waals surface area contributed by atoms with Crippen molar-refractivity contribution in [3.63, 3.8) is 0 Å². The van der Waals surface area contributed by atoms with Gasteiger partial charge in [0.05, 0.1) is 11.6 Å². The zero-order chi connectivity index (χ0) is 14.4. The number of rotatable bonds is 6. The fraction of sp³-hybridized carbons (Fsp3) is 0.625. The second kappa shape index (κ2) is 7.41. The van der Waals surface area contributed by atoms with Gasteiger partial charge in [0.1, 0.15) is 0 Å². The molecule has 0 bridgehead atoms. The van der Waals surface area contributed by atoms with Crippen LogP contribution in [0.4, 0.5) is 0 Å². The van der Waals surface area contributed by atoms with Crippen molar-refractivity contribution >= 4 is 11.6 Å². The van der Waals surface area contributed by atoms with E-state index in [1.807, 2.05) is 18.2 Å². The quantitative estimate of drug-likeness (QED) is 0.870. The van der Waals surface area contributed by atoms with Gasteiger partial charge in [-0.2, -0.15) is 0 Å². The maximum absolute atomic E-state index is 6.19. The van der Waals surface area contributed by atoms with Gasteiger partial charge in [0, 0.05) is 37.7 Å². The molecule has 1 N–H and O–H groups in total. The number of halogens is 1. The van der Waals surface area contributed by atoms with Crippen molar-refractivity contribution < 1.29 is 9.47 Å². The van der Waals surface area contributed by atoms with Crippen molar-refractivity contribution in [1.82, 2.24) is 5.32 Å². The summed E-state index contributed by atoms with van der Waals surface area (Å²) in [5.74, 6) is 0. The molecule has 0 saturated carbocycles. The Morgan fingerprint density at radius 2 is 2.10 bits per heavy atom. The first kappa shape index (κ1) is 15.8. The predicted molar refractivity (Wildman–Crippen MR) is 82.3 cm³/mol. The van der Waals surface area contributed by atoms with E-state index in [0.29, 0.717) is 6.61 Å². The molecule has 1 heterocycles. The van der Waals surface area contributed by atoms with Crippen LogP contribution in [0.15, 0.2) is 24.3 Å². The number of nitrogens with one attached hydrogen (secondary N) is 1. The lowest BCUT2D eigenvalue weighted by Gasteiger charge is -2.43. The average molecular weight is 298 g/mol. The molecule has 1 aromatic rings. The average Bonchev–Trinajstić information content (AvgIpc) is 2.46. The molecule has 1 unspecified atom stereocenters. The summed E-state index contributed by atoms with van der Waals surface area (Å²) in [6, 6.07) is 8.21. The van der Waals surface area contributed by atoms with Crippen molar-refractivity contribution in [2.45, 2.75) is 38.3 Å². The molecular weight excluding hydrogens is 274 g/mol. The van der Waals surface area contributed by atoms with Crippen LogP contribution in [-0.2, 0) is 9.47 Å². The summed E-state index contributed by atoms with van der Waals surface area (Å²) in [5.41, 5.74) is 0.989. The minimum atomic E-state index is -0.201. The molecule has 1 aliphatic heterocycles. The molecule has 0 spiro atoms. The lowest BCUT2D eigenvalue weighted by Crippen LogP contribution is -2.50. The van der Waals surface area contributed by atoms with E-state index < -0.39 is 0 Å². The summed E-state index contributed by atoms with van der Waals surface area (Å²) < 4.78 is 11.7. The molecule has 0 radical (unpaired) electrons. The van der Waals surface area contributed by atoms with Gasteiger partial charge in [0.25, 0.3) is 0 Å². The molecule has 0 aromatic heterocycles. The van der Waals surface area contributed by atoms with E-state index in [9.17, 15) is 0 Å². The van der Waals surface area contributed by atoms with Crippen molar-refractivity contribution in [1.29, 1.82) is 0 Å². The first-order chi connectivity index (χ1) is 9.72. The Morgan fingerprint density at radius 1 is 1.35 bits per heavy atom. The maximum atomic E-state index is 6.19. The molecule has 1 aromatic carbocycles. The van der Waals surface area contributed by atoms with Crippen LogP contribution in [0.1, 0.15) is 38.3 Å². The highest BCUT2D eigenvalue weighted by atomic mass is 35.5. The van der Waals surface area contributed by atoms with Gasteiger partial charge < -0.3 is 14.8 Å². The van der Waals surface area contributed by atoms with E-state index >= 15 is 0 Å². The predicted octanol–water partition coefficient (Wildman–Crippen LogP) is 3.58. The van der Waals surface area contributed by atoms with E-state index in [0.717, 1.165) is 37.6 Å². The summed E-state index contributed by atoms with van der Waals surface area (Å²) in [5, 5.41) is 4.35. The van der Waals surface area contributed by atoms with Gasteiger partial charge in [-0.05, 0) is 31.2 Å². The highest BCUT2D eigenvalue weighted by Gasteiger charge is 2.41. The smallest absolute Gasteiger partial charge is 0.0919 e. The van der Waals surface area contributed by atoms with Gasteiger partial charge in [-0.25, -0.2) is 0 Å². The van der Waals surface area contributed by atoms with Crippen LogP contribution < -0.4 is 5.32 Å². The number of likely N-dealkylation sites (N-methyl/N-ethyl adjacent to an activating group) is 1. The van der Waals surface area contributed by atoms with E-state index in [-0.39, 0.29) is 11.6 Å². The Kier molecular flexibility index (Phi) is 5.85. The van der Waals surface area contributed by atoms with Crippen LogP contribution in [0.5, 0.6) is 0 Å². The second-order valence-electron chi connectivity index (χ2n) is 5.16. The third kappa shape index (κ3) is 3.53. The number of ether oxygens (including phenoxy) is 2. The molecule has 1 aliphatic rings. The zero-order valence-corrected chi connectivity index (χ0v) is 13.1. The monoisotopic (exact) mass is 297 g/mol. The maximum Gasteiger partial charge on any atom is 0.0919 e. The van der Waals surface area contributed by atoms with Gasteiger partial charge in [-0.1, -0.05) is 30.7 Å². The molecule has 1 atom stereocenters. The summed E-state index contributed by atoms with van der Waals surface area (Å²) in [7, 11) is 0. The third-order valence-corrected chi connectivity index (χ3v) is 4.12. The van der Waals surface area contributed by atoms with Gasteiger partial charge in [-0.3, -0.25) is 0 Å². The molecule has 4 heteroatoms. The molecule has 3 nitrogen and oxygen atoms in total. The minimum Gasteiger partial charge on any atom is -0.381 e. The molecule has 2 rings (SSSR count). The normalized spacial score (nSPS) is 19.8. The Bertz CT molecular complexity index is 413. The Hall–Kier alpha value is -0.610. The number of hydrogen-bond acceptors (Lipinski definition) is 3. The number of hydrogen-bond donors (Lipinski definition) is 1. The Balaban J connectivity index is 2.33. The van der Waals surface area contributed by atoms with Crippen molar-refractivity contribution in [3.05, 3.63) is 34.9 Å². The standard InChI is InChI=1S/C16H24ClNO2/c1-3-18-15(13-6-5-7-14(17)12-13)16(20-4-2)8-10-19-11-9-16/h5-7,12,15,18H,3-4,8-11H2,1-2H3. The molecule has 1 saturated heterocycles. The van der Waals surface area contributed by atoms with Gasteiger partial charge in [-0.15, -0.1) is 0 Å². The highest BCUT2D eigenvalue weighted by Crippen LogP contribution is 2.38. The molecule has 1 fully saturated rings. The van der Waals surface area contributed by atoms with Gasteiger partial charge >= 0.3 is 0 Å². The molecule has 112 valence electrons. The molecule has 0 amide bonds. The largest absolute Gasteiger partial charge is 0.381 e. The van der Waals surface area contributed by atoms with Gasteiger partial charge in [0.15, 0.2) is 0 Å². The van der Waals surface area contributed by atoms with Crippen LogP contribution in [0, 0.1) is 0 Å². The summed E-state index contributed by atoms with van der Waals surface area (Å²) in [4.78, 5) is 0. The van der Waals surface area contributed by atoms with E-state index in [2.05, 4.69) is 25.2 Å². The Labute approximate surface area is 126 Å². The Morgan fingerprint density at radius 3 is 2.70 bits per heavy atom. The first-order valence-corrected chi connectivity index (χ1v) is 7.80. The van der Waals surface area contributed by atoms with Crippen molar-refractivity contribution in [2.24, 2.45) is 0 Å². The van der Waals surface area contributed by atoms with Crippen molar-refractivity contribution in [3.8, 4) is 0 Å². The topological polar surface area (TPSA) is 30.5 Å². The van der Waals surface area contributed by atoms with E-state index in [1.54, 1.807) is 0 Å². The van der Waals surface area contributed by atoms with Crippen LogP contribution in [-0.4, -0.2) is 32.0 Å². The lowest BCUT2D eigenvalue weighted by atomic mass is 9.82. The fourth-order valence-corrected chi connectivity index (χ4v) is 3.22. The molecule has 0 aliphatic carbocycles. The molecule has 20 heavy (non-hydrogen) atoms. The fourth-order valence-electron chi connectivity index (χ4n) is 3.02. The second-order valence-corrected chi connectivity index (χ2v) is 5.59. The highest BCUT2D eigenvalue weighted by molar-refractivity contribution is 6.30. The van der Waals surface area contributed by atoms with Crippen molar-refractivity contribution in [2.75, 3.05) is 26.4 Å². The zero-order valence-electron chi connectivity index (χ0n) is 12.3. The van der Waals surface area contributed by atoms with Crippen LogP contribution in [0.25, 0.3) is 0 Å². The summed E-state index contributed by atoms with van der Waals surface area (Å²) >= 11 is 6.16. The summed E-state index contributed by atoms with van der Waals surface area (Å²) in [6.45, 7) is 7.29. The van der Waals surface area contributed by atoms with E-state index in [4.69, 9.17) is 21.1 Å². The minimum absolute atomic E-state index is 0.148. The summed E-state index contributed by atoms with van der Waals surface area (Å²) in [6.07, 6.45) is 1.82. The van der Waals surface area contributed by atoms with Crippen LogP contribution >= 0.6 is 11.6 Å². The lowest BCUT2D eigenvalue weighted by molar-refractivity contribution is -0.127. The van der Waals surface area contributed by atoms with E-state index in [1.165, 1.54) is 5.56 Å². The first-order valence-electron chi connectivity index (χ1n) is 7.42. The number of benzene rings is 1. The third-order valence-electron chi connectivity index (χ3n) is 3.89. The molecular formula is C16H24ClNO2. The van der Waals surface area contributed by atoms with Crippen LogP contribution in [0.2, 0.25) is 5.02 Å². The van der Waals surface area contributed by atoms with Crippen LogP contribution in [0.3, 0.4) is 0 Å². The van der Waals surface area contributed by atoms with Gasteiger partial charge in [0.2, 0.25) is 0 Å². The SMILES string of the molecule is CCNC(c1cccc(Cl)c1)C1(OCC)CCOCC1.